The van der Waals surface area contributed by atoms with Crippen molar-refractivity contribution in [3.8, 4) is 11.6 Å². The van der Waals surface area contributed by atoms with Crippen LogP contribution in [0, 0.1) is 18.6 Å². The summed E-state index contributed by atoms with van der Waals surface area (Å²) in [4.78, 5) is 28.9. The van der Waals surface area contributed by atoms with Gasteiger partial charge in [0, 0.05) is 12.0 Å². The van der Waals surface area contributed by atoms with Gasteiger partial charge in [-0.15, -0.1) is 0 Å². The van der Waals surface area contributed by atoms with Crippen LogP contribution in [0.15, 0.2) is 16.9 Å². The zero-order valence-electron chi connectivity index (χ0n) is 12.4. The standard InChI is InChI=1S/C15H16N2O4S/c1-7-4-9(5-8(2)12(7)21-3)11(18)6-10-13(19)16-15(22)17-14(10)20/h4-5H,6H2,1-3H3,(H3,16,17,19,20,22). The van der Waals surface area contributed by atoms with Crippen LogP contribution in [0.4, 0.5) is 0 Å². The highest BCUT2D eigenvalue weighted by Gasteiger charge is 2.16. The van der Waals surface area contributed by atoms with Gasteiger partial charge >= 0.3 is 0 Å². The molecule has 2 rings (SSSR count). The largest absolute Gasteiger partial charge is 0.496 e. The maximum Gasteiger partial charge on any atom is 0.259 e. The Kier molecular flexibility index (Phi) is 4.46. The quantitative estimate of drug-likeness (QED) is 0.593. The van der Waals surface area contributed by atoms with Gasteiger partial charge in [-0.1, -0.05) is 0 Å². The number of rotatable bonds is 4. The number of carbonyl (C=O) groups is 1. The molecule has 0 atom stereocenters. The van der Waals surface area contributed by atoms with Gasteiger partial charge in [0.05, 0.1) is 12.7 Å². The van der Waals surface area contributed by atoms with E-state index in [1.807, 2.05) is 13.8 Å². The third kappa shape index (κ3) is 3.09. The van der Waals surface area contributed by atoms with Crippen LogP contribution in [0.25, 0.3) is 0 Å². The van der Waals surface area contributed by atoms with Gasteiger partial charge in [-0.2, -0.15) is 0 Å². The number of ketones is 1. The summed E-state index contributed by atoms with van der Waals surface area (Å²) in [6, 6.07) is 3.40. The second kappa shape index (κ2) is 6.15. The average molecular weight is 320 g/mol. The van der Waals surface area contributed by atoms with E-state index in [0.717, 1.165) is 16.9 Å². The molecule has 0 unspecified atom stereocenters. The molecule has 0 radical (unpaired) electrons. The lowest BCUT2D eigenvalue weighted by molar-refractivity contribution is 0.0991. The lowest BCUT2D eigenvalue weighted by atomic mass is 9.99. The van der Waals surface area contributed by atoms with E-state index >= 15 is 0 Å². The first-order valence-corrected chi connectivity index (χ1v) is 6.97. The Labute approximate surface area is 131 Å². The molecule has 0 spiro atoms. The van der Waals surface area contributed by atoms with Crippen LogP contribution in [0.2, 0.25) is 0 Å². The van der Waals surface area contributed by atoms with Crippen molar-refractivity contribution >= 4 is 18.0 Å². The van der Waals surface area contributed by atoms with E-state index in [0.29, 0.717) is 5.56 Å². The number of benzene rings is 1. The molecule has 3 N–H and O–H groups in total. The summed E-state index contributed by atoms with van der Waals surface area (Å²) in [5, 5.41) is 9.74. The van der Waals surface area contributed by atoms with Crippen molar-refractivity contribution in [3.63, 3.8) is 0 Å². The highest BCUT2D eigenvalue weighted by atomic mass is 32.1. The zero-order valence-corrected chi connectivity index (χ0v) is 13.3. The Morgan fingerprint density at radius 1 is 1.27 bits per heavy atom. The van der Waals surface area contributed by atoms with Gasteiger partial charge in [0.15, 0.2) is 16.4 Å². The molecule has 0 amide bonds. The highest BCUT2D eigenvalue weighted by Crippen LogP contribution is 2.25. The summed E-state index contributed by atoms with van der Waals surface area (Å²) in [6.07, 6.45) is -0.224. The smallest absolute Gasteiger partial charge is 0.259 e. The number of ether oxygens (including phenoxy) is 1. The van der Waals surface area contributed by atoms with E-state index in [2.05, 4.69) is 9.97 Å². The van der Waals surface area contributed by atoms with Crippen LogP contribution in [0.3, 0.4) is 0 Å². The fourth-order valence-electron chi connectivity index (χ4n) is 2.36. The SMILES string of the molecule is COc1c(C)cc(C(=O)Cc2c(O)[nH]c(=S)[nH]c2=O)cc1C. The molecule has 2 aromatic rings. The van der Waals surface area contributed by atoms with Gasteiger partial charge in [0.1, 0.15) is 5.75 Å². The number of Topliss-reactive ketones (excluding diaryl/α,β-unsaturated/α-hetero) is 1. The van der Waals surface area contributed by atoms with Crippen molar-refractivity contribution in [2.45, 2.75) is 20.3 Å². The fourth-order valence-corrected chi connectivity index (χ4v) is 2.55. The summed E-state index contributed by atoms with van der Waals surface area (Å²) in [5.74, 6) is 0.0604. The molecule has 0 aliphatic heterocycles. The van der Waals surface area contributed by atoms with Gasteiger partial charge in [0.2, 0.25) is 0 Å². The number of carbonyl (C=O) groups excluding carboxylic acids is 1. The second-order valence-electron chi connectivity index (χ2n) is 4.98. The Balaban J connectivity index is 2.39. The number of nitrogens with one attached hydrogen (secondary N) is 2. The number of aromatic nitrogens is 2. The average Bonchev–Trinajstić information content (AvgIpc) is 2.42. The van der Waals surface area contributed by atoms with Crippen LogP contribution < -0.4 is 10.3 Å². The van der Waals surface area contributed by atoms with Crippen LogP contribution in [-0.4, -0.2) is 28.0 Å². The predicted octanol–water partition coefficient (Wildman–Crippen LogP) is 2.19. The maximum absolute atomic E-state index is 12.4. The Hall–Kier alpha value is -2.41. The summed E-state index contributed by atoms with van der Waals surface area (Å²) >= 11 is 4.75. The third-order valence-corrected chi connectivity index (χ3v) is 3.55. The Morgan fingerprint density at radius 2 is 1.86 bits per heavy atom. The van der Waals surface area contributed by atoms with E-state index in [1.165, 1.54) is 0 Å². The number of aromatic hydroxyl groups is 1. The fraction of sp³-hybridized carbons (Fsp3) is 0.267. The van der Waals surface area contributed by atoms with Crippen molar-refractivity contribution in [3.05, 3.63) is 49.5 Å². The molecule has 0 saturated heterocycles. The molecule has 6 nitrogen and oxygen atoms in total. The van der Waals surface area contributed by atoms with Gasteiger partial charge in [0.25, 0.3) is 5.56 Å². The number of H-pyrrole nitrogens is 2. The molecule has 0 aliphatic rings. The molecule has 1 aromatic heterocycles. The molecule has 22 heavy (non-hydrogen) atoms. The molecular formula is C15H16N2O4S. The molecule has 0 bridgehead atoms. The van der Waals surface area contributed by atoms with Gasteiger partial charge in [-0.25, -0.2) is 0 Å². The molecule has 0 aliphatic carbocycles. The minimum Gasteiger partial charge on any atom is -0.496 e. The summed E-state index contributed by atoms with van der Waals surface area (Å²) in [5.41, 5.74) is 1.51. The van der Waals surface area contributed by atoms with Crippen molar-refractivity contribution in [1.82, 2.24) is 9.97 Å². The van der Waals surface area contributed by atoms with Crippen molar-refractivity contribution in [2.75, 3.05) is 7.11 Å². The number of aryl methyl sites for hydroxylation is 2. The first kappa shape index (κ1) is 16.0. The van der Waals surface area contributed by atoms with Crippen molar-refractivity contribution in [1.29, 1.82) is 0 Å². The Morgan fingerprint density at radius 3 is 2.36 bits per heavy atom. The van der Waals surface area contributed by atoms with Gasteiger partial charge in [-0.3, -0.25) is 14.6 Å². The van der Waals surface area contributed by atoms with Gasteiger partial charge < -0.3 is 14.8 Å². The minimum atomic E-state index is -0.573. The number of hydrogen-bond donors (Lipinski definition) is 3. The summed E-state index contributed by atoms with van der Waals surface area (Å²) < 4.78 is 5.27. The molecular weight excluding hydrogens is 304 g/mol. The first-order chi connectivity index (χ1) is 10.3. The van der Waals surface area contributed by atoms with Crippen molar-refractivity contribution in [2.24, 2.45) is 0 Å². The Bertz CT molecular complexity index is 828. The molecule has 0 saturated carbocycles. The normalized spacial score (nSPS) is 10.5. The first-order valence-electron chi connectivity index (χ1n) is 6.56. The van der Waals surface area contributed by atoms with E-state index < -0.39 is 5.56 Å². The van der Waals surface area contributed by atoms with E-state index in [1.54, 1.807) is 19.2 Å². The minimum absolute atomic E-state index is 0.00911. The molecule has 7 heteroatoms. The van der Waals surface area contributed by atoms with Crippen molar-refractivity contribution < 1.29 is 14.6 Å². The zero-order chi connectivity index (χ0) is 16.4. The summed E-state index contributed by atoms with van der Waals surface area (Å²) in [7, 11) is 1.57. The van der Waals surface area contributed by atoms with Crippen LogP contribution in [0.1, 0.15) is 27.0 Å². The van der Waals surface area contributed by atoms with Crippen LogP contribution >= 0.6 is 12.2 Å². The topological polar surface area (TPSA) is 95.2 Å². The van der Waals surface area contributed by atoms with Gasteiger partial charge in [-0.05, 0) is 49.3 Å². The summed E-state index contributed by atoms with van der Waals surface area (Å²) in [6.45, 7) is 3.68. The molecule has 1 heterocycles. The second-order valence-corrected chi connectivity index (χ2v) is 5.39. The molecule has 0 fully saturated rings. The number of hydrogen-bond acceptors (Lipinski definition) is 5. The molecule has 1 aromatic carbocycles. The monoisotopic (exact) mass is 320 g/mol. The van der Waals surface area contributed by atoms with E-state index in [9.17, 15) is 14.7 Å². The third-order valence-electron chi connectivity index (χ3n) is 3.34. The predicted molar refractivity (Wildman–Crippen MR) is 84.4 cm³/mol. The lowest BCUT2D eigenvalue weighted by Gasteiger charge is -2.11. The molecule has 116 valence electrons. The maximum atomic E-state index is 12.4. The number of aromatic amines is 2. The van der Waals surface area contributed by atoms with E-state index in [4.69, 9.17) is 17.0 Å². The number of methoxy groups -OCH3 is 1. The van der Waals surface area contributed by atoms with Crippen LogP contribution in [0.5, 0.6) is 11.6 Å². The van der Waals surface area contributed by atoms with Crippen LogP contribution in [-0.2, 0) is 6.42 Å². The lowest BCUT2D eigenvalue weighted by Crippen LogP contribution is -2.18. The highest BCUT2D eigenvalue weighted by molar-refractivity contribution is 7.71. The van der Waals surface area contributed by atoms with E-state index in [-0.39, 0.29) is 28.4 Å².